The van der Waals surface area contributed by atoms with E-state index in [0.717, 1.165) is 12.8 Å². The van der Waals surface area contributed by atoms with Crippen molar-refractivity contribution in [2.75, 3.05) is 0 Å². The topological polar surface area (TPSA) is 17.8 Å². The van der Waals surface area contributed by atoms with Gasteiger partial charge in [-0.2, -0.15) is 0 Å². The van der Waals surface area contributed by atoms with Crippen LogP contribution in [-0.2, 0) is 11.8 Å². The van der Waals surface area contributed by atoms with Gasteiger partial charge < -0.3 is 4.57 Å². The summed E-state index contributed by atoms with van der Waals surface area (Å²) in [6.45, 7) is 4.74. The van der Waals surface area contributed by atoms with Crippen LogP contribution in [0.5, 0.6) is 0 Å². The average Bonchev–Trinajstić information content (AvgIpc) is 3.16. The first-order chi connectivity index (χ1) is 15.7. The van der Waals surface area contributed by atoms with Crippen LogP contribution in [0.15, 0.2) is 79.1 Å². The molecule has 3 aromatic carbocycles. The van der Waals surface area contributed by atoms with E-state index >= 15 is 0 Å². The second kappa shape index (κ2) is 6.20. The molecule has 0 aliphatic heterocycles. The lowest BCUT2D eigenvalue weighted by atomic mass is 9.68. The third-order valence-corrected chi connectivity index (χ3v) is 7.54. The van der Waals surface area contributed by atoms with E-state index in [-0.39, 0.29) is 5.41 Å². The Morgan fingerprint density at radius 3 is 2.56 bits per heavy atom. The Morgan fingerprint density at radius 2 is 1.69 bits per heavy atom. The maximum absolute atomic E-state index is 4.27. The molecule has 2 nitrogen and oxygen atoms in total. The maximum atomic E-state index is 4.27. The van der Waals surface area contributed by atoms with E-state index in [0.29, 0.717) is 0 Å². The Kier molecular flexibility index (Phi) is 3.48. The molecular formula is C30H24N2. The van der Waals surface area contributed by atoms with E-state index in [1.165, 1.54) is 60.9 Å². The second-order valence-electron chi connectivity index (χ2n) is 9.57. The molecule has 0 radical (unpaired) electrons. The molecule has 2 aromatic heterocycles. The number of benzene rings is 3. The van der Waals surface area contributed by atoms with Crippen LogP contribution in [0.1, 0.15) is 42.7 Å². The molecule has 2 heteroatoms. The molecule has 0 saturated heterocycles. The highest BCUT2D eigenvalue weighted by molar-refractivity contribution is 6.17. The van der Waals surface area contributed by atoms with Gasteiger partial charge in [-0.25, -0.2) is 0 Å². The van der Waals surface area contributed by atoms with Crippen LogP contribution in [0.3, 0.4) is 0 Å². The monoisotopic (exact) mass is 412 g/mol. The van der Waals surface area contributed by atoms with Crippen LogP contribution < -0.4 is 0 Å². The van der Waals surface area contributed by atoms with Crippen molar-refractivity contribution in [2.45, 2.75) is 32.1 Å². The molecular weight excluding hydrogens is 388 g/mol. The number of aromatic nitrogens is 2. The number of pyridine rings is 1. The second-order valence-corrected chi connectivity index (χ2v) is 9.57. The minimum atomic E-state index is -0.0234. The molecule has 32 heavy (non-hydrogen) atoms. The fourth-order valence-corrected chi connectivity index (χ4v) is 6.12. The van der Waals surface area contributed by atoms with Crippen LogP contribution in [0.25, 0.3) is 44.6 Å². The third-order valence-electron chi connectivity index (χ3n) is 7.54. The van der Waals surface area contributed by atoms with Gasteiger partial charge >= 0.3 is 0 Å². The largest absolute Gasteiger partial charge is 0.309 e. The van der Waals surface area contributed by atoms with Gasteiger partial charge in [0.25, 0.3) is 0 Å². The first-order valence-corrected chi connectivity index (χ1v) is 11.5. The zero-order chi connectivity index (χ0) is 21.4. The molecule has 2 aliphatic carbocycles. The Labute approximate surface area is 187 Å². The maximum Gasteiger partial charge on any atom is 0.0550 e. The Hall–Kier alpha value is -3.65. The number of rotatable bonds is 1. The van der Waals surface area contributed by atoms with E-state index in [1.54, 1.807) is 0 Å². The van der Waals surface area contributed by atoms with E-state index in [9.17, 15) is 0 Å². The van der Waals surface area contributed by atoms with Gasteiger partial charge in [-0.1, -0.05) is 62.4 Å². The van der Waals surface area contributed by atoms with E-state index in [1.807, 2.05) is 12.4 Å². The molecule has 0 bridgehead atoms. The summed E-state index contributed by atoms with van der Waals surface area (Å²) in [5.74, 6) is 0. The molecule has 7 rings (SSSR count). The lowest BCUT2D eigenvalue weighted by Gasteiger charge is -2.35. The fourth-order valence-electron chi connectivity index (χ4n) is 6.12. The van der Waals surface area contributed by atoms with E-state index in [2.05, 4.69) is 96.2 Å². The van der Waals surface area contributed by atoms with Gasteiger partial charge in [-0.15, -0.1) is 0 Å². The van der Waals surface area contributed by atoms with Gasteiger partial charge in [0, 0.05) is 34.6 Å². The number of aryl methyl sites for hydroxylation is 1. The molecule has 0 spiro atoms. The van der Waals surface area contributed by atoms with E-state index in [4.69, 9.17) is 0 Å². The van der Waals surface area contributed by atoms with Crippen LogP contribution in [-0.4, -0.2) is 9.55 Å². The molecule has 0 fully saturated rings. The van der Waals surface area contributed by atoms with Gasteiger partial charge in [0.2, 0.25) is 0 Å². The van der Waals surface area contributed by atoms with Gasteiger partial charge in [0.05, 0.1) is 5.52 Å². The molecule has 2 heterocycles. The molecule has 0 N–H and O–H groups in total. The molecule has 0 amide bonds. The predicted molar refractivity (Wildman–Crippen MR) is 133 cm³/mol. The van der Waals surface area contributed by atoms with Crippen LogP contribution in [0, 0.1) is 0 Å². The zero-order valence-corrected chi connectivity index (χ0v) is 18.4. The number of fused-ring (bicyclic) bond motifs is 6. The summed E-state index contributed by atoms with van der Waals surface area (Å²) < 4.78 is 2.44. The van der Waals surface area contributed by atoms with Crippen molar-refractivity contribution in [2.24, 2.45) is 0 Å². The predicted octanol–water partition coefficient (Wildman–Crippen LogP) is 7.44. The van der Waals surface area contributed by atoms with Crippen LogP contribution in [0.4, 0.5) is 0 Å². The van der Waals surface area contributed by atoms with Gasteiger partial charge in [0.15, 0.2) is 0 Å². The summed E-state index contributed by atoms with van der Waals surface area (Å²) >= 11 is 0. The number of allylic oxidation sites excluding steroid dienone is 1. The molecule has 2 aliphatic rings. The smallest absolute Gasteiger partial charge is 0.0550 e. The standard InChI is InChI=1S/C30H24N2/c1-30(2)23-11-5-3-9-21(23)29-27-19(8-7-12-24(27)30)18-26-28(29)22-10-4-6-13-25(22)32(26)20-14-16-31-17-15-20/h3,5-9,11-18H,4,10H2,1-2H3. The Morgan fingerprint density at radius 1 is 0.875 bits per heavy atom. The number of hydrogen-bond donors (Lipinski definition) is 0. The molecule has 0 unspecified atom stereocenters. The van der Waals surface area contributed by atoms with Crippen molar-refractivity contribution in [3.05, 3.63) is 102 Å². The molecule has 5 aromatic rings. The summed E-state index contributed by atoms with van der Waals surface area (Å²) in [6, 6.07) is 22.5. The Balaban J connectivity index is 1.76. The van der Waals surface area contributed by atoms with Crippen molar-refractivity contribution in [3.8, 4) is 16.8 Å². The van der Waals surface area contributed by atoms with Gasteiger partial charge in [-0.3, -0.25) is 4.98 Å². The Bertz CT molecular complexity index is 1580. The van der Waals surface area contributed by atoms with Crippen LogP contribution >= 0.6 is 0 Å². The normalized spacial score (nSPS) is 15.7. The zero-order valence-electron chi connectivity index (χ0n) is 18.4. The highest BCUT2D eigenvalue weighted by atomic mass is 15.0. The number of nitrogens with zero attached hydrogens (tertiary/aromatic N) is 2. The lowest BCUT2D eigenvalue weighted by molar-refractivity contribution is 0.645. The van der Waals surface area contributed by atoms with E-state index < -0.39 is 0 Å². The highest BCUT2D eigenvalue weighted by Crippen LogP contribution is 2.52. The lowest BCUT2D eigenvalue weighted by Crippen LogP contribution is -2.23. The molecule has 0 atom stereocenters. The minimum absolute atomic E-state index is 0.0234. The van der Waals surface area contributed by atoms with Crippen molar-refractivity contribution < 1.29 is 0 Å². The fraction of sp³-hybridized carbons (Fsp3) is 0.167. The van der Waals surface area contributed by atoms with Crippen molar-refractivity contribution >= 4 is 27.8 Å². The summed E-state index contributed by atoms with van der Waals surface area (Å²) in [7, 11) is 0. The van der Waals surface area contributed by atoms with Crippen molar-refractivity contribution in [1.29, 1.82) is 0 Å². The van der Waals surface area contributed by atoms with Crippen molar-refractivity contribution in [1.82, 2.24) is 9.55 Å². The number of hydrogen-bond acceptors (Lipinski definition) is 1. The average molecular weight is 413 g/mol. The molecule has 0 saturated carbocycles. The van der Waals surface area contributed by atoms with Gasteiger partial charge in [-0.05, 0) is 75.7 Å². The quantitative estimate of drug-likeness (QED) is 0.280. The highest BCUT2D eigenvalue weighted by Gasteiger charge is 2.35. The summed E-state index contributed by atoms with van der Waals surface area (Å²) in [5.41, 5.74) is 10.9. The first-order valence-electron chi connectivity index (χ1n) is 11.5. The summed E-state index contributed by atoms with van der Waals surface area (Å²) in [6.07, 6.45) is 10.6. The SMILES string of the molecule is CC1(C)c2ccccc2-c2c3c1cccc3cc1c2c2c(n1-c1ccncc1)C=CCC2. The summed E-state index contributed by atoms with van der Waals surface area (Å²) in [4.78, 5) is 4.27. The third kappa shape index (κ3) is 2.17. The molecule has 154 valence electrons. The first kappa shape index (κ1) is 18.0. The van der Waals surface area contributed by atoms with Crippen LogP contribution in [0.2, 0.25) is 0 Å². The van der Waals surface area contributed by atoms with Crippen molar-refractivity contribution in [3.63, 3.8) is 0 Å². The van der Waals surface area contributed by atoms with Gasteiger partial charge in [0.1, 0.15) is 0 Å². The summed E-state index contributed by atoms with van der Waals surface area (Å²) in [5, 5.41) is 4.17. The minimum Gasteiger partial charge on any atom is -0.309 e.